The van der Waals surface area contributed by atoms with E-state index in [1.807, 2.05) is 12.1 Å². The van der Waals surface area contributed by atoms with Crippen molar-refractivity contribution in [2.45, 2.75) is 12.8 Å². The van der Waals surface area contributed by atoms with Crippen LogP contribution in [0.1, 0.15) is 31.8 Å². The number of phenols is 2. The third-order valence-corrected chi connectivity index (χ3v) is 7.03. The Bertz CT molecular complexity index is 1360. The number of aromatic hydroxyl groups is 2. The van der Waals surface area contributed by atoms with E-state index in [9.17, 15) is 19.8 Å². The Morgan fingerprint density at radius 2 is 0.976 bits per heavy atom. The first-order valence-electron chi connectivity index (χ1n) is 13.5. The monoisotopic (exact) mass is 570 g/mol. The predicted molar refractivity (Wildman–Crippen MR) is 157 cm³/mol. The van der Waals surface area contributed by atoms with Crippen LogP contribution in [0.3, 0.4) is 0 Å². The van der Waals surface area contributed by atoms with Gasteiger partial charge in [0.1, 0.15) is 0 Å². The molecule has 0 saturated carbocycles. The van der Waals surface area contributed by atoms with Gasteiger partial charge in [-0.3, -0.25) is 0 Å². The zero-order valence-corrected chi connectivity index (χ0v) is 23.6. The lowest BCUT2D eigenvalue weighted by atomic mass is 9.83. The van der Waals surface area contributed by atoms with Gasteiger partial charge in [-0.05, 0) is 72.5 Å². The molecule has 0 spiro atoms. The fourth-order valence-electron chi connectivity index (χ4n) is 4.71. The summed E-state index contributed by atoms with van der Waals surface area (Å²) >= 11 is 0. The second kappa shape index (κ2) is 14.6. The Balaban J connectivity index is 1.64. The van der Waals surface area contributed by atoms with Crippen LogP contribution in [-0.2, 0) is 22.3 Å². The number of rotatable bonds is 13. The Hall–Kier alpha value is -4.98. The normalized spacial score (nSPS) is 12.1. The fourth-order valence-corrected chi connectivity index (χ4v) is 4.71. The van der Waals surface area contributed by atoms with Crippen LogP contribution in [-0.4, -0.2) is 49.6 Å². The summed E-state index contributed by atoms with van der Waals surface area (Å²) in [6.07, 6.45) is 0.864. The van der Waals surface area contributed by atoms with Crippen LogP contribution in [0.25, 0.3) is 0 Å². The third kappa shape index (κ3) is 8.04. The summed E-state index contributed by atoms with van der Waals surface area (Å²) in [6, 6.07) is 27.6. The molecule has 0 amide bonds. The third-order valence-electron chi connectivity index (χ3n) is 7.03. The quantitative estimate of drug-likeness (QED) is 0.193. The maximum Gasteiger partial charge on any atom is 0.338 e. The molecule has 8 heteroatoms. The maximum absolute atomic E-state index is 12.9. The average molecular weight is 571 g/mol. The number of esters is 2. The van der Waals surface area contributed by atoms with E-state index in [1.165, 1.54) is 14.2 Å². The molecule has 0 aromatic heterocycles. The molecule has 8 nitrogen and oxygen atoms in total. The molecule has 4 aromatic carbocycles. The predicted octanol–water partition coefficient (Wildman–Crippen LogP) is 5.85. The smallest absolute Gasteiger partial charge is 0.338 e. The zero-order chi connectivity index (χ0) is 29.9. The molecule has 0 aliphatic heterocycles. The number of methoxy groups -OCH3 is 2. The van der Waals surface area contributed by atoms with Gasteiger partial charge in [0, 0.05) is 11.8 Å². The van der Waals surface area contributed by atoms with Gasteiger partial charge in [-0.25, -0.2) is 9.59 Å². The number of hydrogen-bond donors (Lipinski definition) is 2. The lowest BCUT2D eigenvalue weighted by Gasteiger charge is -2.27. The van der Waals surface area contributed by atoms with Crippen molar-refractivity contribution in [1.29, 1.82) is 0 Å². The molecule has 4 rings (SSSR count). The van der Waals surface area contributed by atoms with Crippen molar-refractivity contribution in [2.75, 3.05) is 27.4 Å². The minimum Gasteiger partial charge on any atom is -0.504 e. The molecule has 0 saturated heterocycles. The van der Waals surface area contributed by atoms with Crippen molar-refractivity contribution in [3.63, 3.8) is 0 Å². The molecule has 0 heterocycles. The van der Waals surface area contributed by atoms with Crippen LogP contribution in [0.4, 0.5) is 0 Å². The molecule has 42 heavy (non-hydrogen) atoms. The summed E-state index contributed by atoms with van der Waals surface area (Å²) in [5.41, 5.74) is 2.54. The fraction of sp³-hybridized carbons (Fsp3) is 0.235. The Morgan fingerprint density at radius 1 is 0.595 bits per heavy atom. The highest BCUT2D eigenvalue weighted by Gasteiger charge is 2.27. The second-order valence-electron chi connectivity index (χ2n) is 9.87. The minimum absolute atomic E-state index is 0.0119. The summed E-state index contributed by atoms with van der Waals surface area (Å²) < 4.78 is 22.2. The molecular formula is C34H34O8. The SMILES string of the molecule is COc1cc(C[C@@H](COC(=O)c2ccccc2)[C@H](COC(=O)c2ccccc2)Cc2ccc(O)c(OC)c2)ccc1O. The van der Waals surface area contributed by atoms with Gasteiger partial charge >= 0.3 is 11.9 Å². The number of carbonyl (C=O) groups excluding carboxylic acids is 2. The Morgan fingerprint density at radius 3 is 1.33 bits per heavy atom. The average Bonchev–Trinajstić information content (AvgIpc) is 3.03. The van der Waals surface area contributed by atoms with Crippen LogP contribution in [0.5, 0.6) is 23.0 Å². The van der Waals surface area contributed by atoms with Crippen molar-refractivity contribution in [3.8, 4) is 23.0 Å². The molecule has 2 atom stereocenters. The van der Waals surface area contributed by atoms with Crippen molar-refractivity contribution in [1.82, 2.24) is 0 Å². The van der Waals surface area contributed by atoms with E-state index >= 15 is 0 Å². The van der Waals surface area contributed by atoms with E-state index in [2.05, 4.69) is 0 Å². The van der Waals surface area contributed by atoms with Crippen LogP contribution < -0.4 is 9.47 Å². The number of hydrogen-bond acceptors (Lipinski definition) is 8. The van der Waals surface area contributed by atoms with Crippen molar-refractivity contribution in [2.24, 2.45) is 11.8 Å². The van der Waals surface area contributed by atoms with E-state index in [1.54, 1.807) is 84.9 Å². The largest absolute Gasteiger partial charge is 0.504 e. The molecule has 2 N–H and O–H groups in total. The molecule has 0 aliphatic carbocycles. The lowest BCUT2D eigenvalue weighted by Crippen LogP contribution is -2.30. The molecule has 218 valence electrons. The first-order chi connectivity index (χ1) is 20.4. The van der Waals surface area contributed by atoms with E-state index in [0.29, 0.717) is 35.5 Å². The number of benzene rings is 4. The van der Waals surface area contributed by atoms with Crippen molar-refractivity contribution >= 4 is 11.9 Å². The van der Waals surface area contributed by atoms with E-state index in [4.69, 9.17) is 18.9 Å². The van der Waals surface area contributed by atoms with Gasteiger partial charge in [-0.1, -0.05) is 48.5 Å². The molecule has 0 bridgehead atoms. The van der Waals surface area contributed by atoms with Gasteiger partial charge in [-0.15, -0.1) is 0 Å². The highest BCUT2D eigenvalue weighted by atomic mass is 16.5. The van der Waals surface area contributed by atoms with E-state index < -0.39 is 11.9 Å². The van der Waals surface area contributed by atoms with E-state index in [0.717, 1.165) is 11.1 Å². The number of ether oxygens (including phenoxy) is 4. The summed E-state index contributed by atoms with van der Waals surface area (Å²) in [5.74, 6) is -0.877. The highest BCUT2D eigenvalue weighted by Crippen LogP contribution is 2.32. The molecular weight excluding hydrogens is 536 g/mol. The summed E-state index contributed by atoms with van der Waals surface area (Å²) in [5, 5.41) is 20.2. The standard InChI is InChI=1S/C34H34O8/c1-39-31-19-23(13-15-29(31)35)17-27(21-41-33(37)25-9-5-3-6-10-25)28(18-24-14-16-30(36)32(20-24)40-2)22-42-34(38)26-11-7-4-8-12-26/h3-16,19-20,27-28,35-36H,17-18,21-22H2,1-2H3/t27-,28-/m0/s1. The molecule has 4 aromatic rings. The number of carbonyl (C=O) groups is 2. The molecule has 0 unspecified atom stereocenters. The summed E-state index contributed by atoms with van der Waals surface area (Å²) in [6.45, 7) is 0.0827. The van der Waals surface area contributed by atoms with Crippen LogP contribution >= 0.6 is 0 Å². The van der Waals surface area contributed by atoms with Gasteiger partial charge in [0.05, 0.1) is 38.6 Å². The van der Waals surface area contributed by atoms with Crippen LogP contribution in [0.2, 0.25) is 0 Å². The lowest BCUT2D eigenvalue weighted by molar-refractivity contribution is 0.0221. The molecule has 0 fully saturated rings. The maximum atomic E-state index is 12.9. The van der Waals surface area contributed by atoms with E-state index in [-0.39, 0.29) is 36.5 Å². The zero-order valence-electron chi connectivity index (χ0n) is 23.6. The first kappa shape index (κ1) is 30.0. The minimum atomic E-state index is -0.463. The highest BCUT2D eigenvalue weighted by molar-refractivity contribution is 5.89. The molecule has 0 radical (unpaired) electrons. The topological polar surface area (TPSA) is 112 Å². The summed E-state index contributed by atoms with van der Waals surface area (Å²) in [4.78, 5) is 25.8. The van der Waals surface area contributed by atoms with Crippen molar-refractivity contribution < 1.29 is 38.7 Å². The van der Waals surface area contributed by atoms with Gasteiger partial charge < -0.3 is 29.2 Å². The van der Waals surface area contributed by atoms with Gasteiger partial charge in [0.15, 0.2) is 23.0 Å². The van der Waals surface area contributed by atoms with Gasteiger partial charge in [0.2, 0.25) is 0 Å². The van der Waals surface area contributed by atoms with Crippen LogP contribution in [0, 0.1) is 11.8 Å². The van der Waals surface area contributed by atoms with Crippen molar-refractivity contribution in [3.05, 3.63) is 119 Å². The van der Waals surface area contributed by atoms with Gasteiger partial charge in [0.25, 0.3) is 0 Å². The van der Waals surface area contributed by atoms with Crippen LogP contribution in [0.15, 0.2) is 97.1 Å². The number of phenolic OH excluding ortho intramolecular Hbond substituents is 2. The summed E-state index contributed by atoms with van der Waals surface area (Å²) in [7, 11) is 2.95. The second-order valence-corrected chi connectivity index (χ2v) is 9.87. The Kier molecular flexibility index (Phi) is 10.4. The molecule has 0 aliphatic rings. The van der Waals surface area contributed by atoms with Gasteiger partial charge in [-0.2, -0.15) is 0 Å². The Labute approximate surface area is 245 Å². The first-order valence-corrected chi connectivity index (χ1v) is 13.5.